The number of aromatic nitrogens is 2. The van der Waals surface area contributed by atoms with Gasteiger partial charge in [0.2, 0.25) is 0 Å². The van der Waals surface area contributed by atoms with E-state index in [9.17, 15) is 0 Å². The number of rotatable bonds is 6. The van der Waals surface area contributed by atoms with E-state index in [0.717, 1.165) is 39.0 Å². The zero-order chi connectivity index (χ0) is 30.7. The van der Waals surface area contributed by atoms with E-state index >= 15 is 0 Å². The van der Waals surface area contributed by atoms with Gasteiger partial charge in [-0.1, -0.05) is 110 Å². The third kappa shape index (κ3) is 5.13. The Kier molecular flexibility index (Phi) is 8.02. The molecule has 1 radical (unpaired) electrons. The first-order chi connectivity index (χ1) is 22.0. The SMILES string of the molecule is CC(C)c1cc(-c2ccccc2)cc(C(C)C)c1-n1c(-c2[c-]sc3ccc(-c4ccc5occc5c4)cc23)nc2ccccc21.[Ir]. The normalized spacial score (nSPS) is 11.7. The van der Waals surface area contributed by atoms with Crippen LogP contribution in [0.4, 0.5) is 0 Å². The van der Waals surface area contributed by atoms with Crippen LogP contribution in [0.5, 0.6) is 0 Å². The molecule has 3 aromatic heterocycles. The second-order valence-corrected chi connectivity index (χ2v) is 13.2. The van der Waals surface area contributed by atoms with Crippen LogP contribution in [-0.4, -0.2) is 9.55 Å². The molecule has 0 N–H and O–H groups in total. The number of thiophene rings is 1. The van der Waals surface area contributed by atoms with Gasteiger partial charge in [-0.25, -0.2) is 0 Å². The molecule has 0 aliphatic carbocycles. The average Bonchev–Trinajstić information content (AvgIpc) is 3.80. The standard InChI is InChI=1S/C41H33N2OS.Ir/c1-25(2)32-22-31(27-10-6-5-7-11-27)23-33(26(3)4)40(32)43-37-13-9-8-12-36(37)42-41(43)35-24-45-39-17-15-29(21-34(35)39)28-14-16-38-30(20-28)18-19-44-38;/h5-23,25-26H,1-4H3;/q-1;. The van der Waals surface area contributed by atoms with E-state index in [0.29, 0.717) is 11.8 Å². The van der Waals surface area contributed by atoms with Gasteiger partial charge in [-0.3, -0.25) is 16.3 Å². The fourth-order valence-electron chi connectivity index (χ4n) is 6.50. The zero-order valence-electron chi connectivity index (χ0n) is 26.2. The number of furan rings is 1. The molecule has 3 nitrogen and oxygen atoms in total. The molecule has 5 heteroatoms. The van der Waals surface area contributed by atoms with Crippen molar-refractivity contribution in [1.29, 1.82) is 0 Å². The van der Waals surface area contributed by atoms with Crippen molar-refractivity contribution < 1.29 is 24.5 Å². The summed E-state index contributed by atoms with van der Waals surface area (Å²) < 4.78 is 9.21. The second-order valence-electron chi connectivity index (χ2n) is 12.4. The average molecular weight is 794 g/mol. The molecule has 0 fully saturated rings. The number of benzene rings is 5. The van der Waals surface area contributed by atoms with Crippen LogP contribution in [0.1, 0.15) is 50.7 Å². The second kappa shape index (κ2) is 12.1. The van der Waals surface area contributed by atoms with Crippen molar-refractivity contribution in [2.24, 2.45) is 0 Å². The largest absolute Gasteiger partial charge is 0.464 e. The van der Waals surface area contributed by atoms with Crippen LogP contribution in [0.25, 0.3) is 71.4 Å². The van der Waals surface area contributed by atoms with Gasteiger partial charge in [0.15, 0.2) is 0 Å². The van der Waals surface area contributed by atoms with Crippen molar-refractivity contribution in [3.8, 4) is 39.3 Å². The van der Waals surface area contributed by atoms with Crippen LogP contribution in [0.2, 0.25) is 0 Å². The Morgan fingerprint density at radius 3 is 2.15 bits per heavy atom. The Bertz CT molecular complexity index is 2310. The molecule has 0 aliphatic heterocycles. The third-order valence-electron chi connectivity index (χ3n) is 8.83. The van der Waals surface area contributed by atoms with Crippen molar-refractivity contribution in [1.82, 2.24) is 9.55 Å². The first kappa shape index (κ1) is 30.4. The minimum atomic E-state index is 0. The Balaban J connectivity index is 0.00000338. The summed E-state index contributed by atoms with van der Waals surface area (Å²) in [5.74, 6) is 1.55. The van der Waals surface area contributed by atoms with E-state index in [4.69, 9.17) is 9.40 Å². The first-order valence-electron chi connectivity index (χ1n) is 15.6. The van der Waals surface area contributed by atoms with E-state index in [-0.39, 0.29) is 20.1 Å². The van der Waals surface area contributed by atoms with Crippen molar-refractivity contribution in [2.45, 2.75) is 39.5 Å². The van der Waals surface area contributed by atoms with Gasteiger partial charge in [0, 0.05) is 31.2 Å². The summed E-state index contributed by atoms with van der Waals surface area (Å²) in [4.78, 5) is 5.33. The third-order valence-corrected chi connectivity index (χ3v) is 9.71. The molecule has 229 valence electrons. The summed E-state index contributed by atoms with van der Waals surface area (Å²) in [5.41, 5.74) is 12.7. The zero-order valence-corrected chi connectivity index (χ0v) is 29.4. The smallest absolute Gasteiger partial charge is 0.133 e. The molecule has 0 atom stereocenters. The quantitative estimate of drug-likeness (QED) is 0.157. The van der Waals surface area contributed by atoms with Crippen molar-refractivity contribution >= 4 is 43.4 Å². The first-order valence-corrected chi connectivity index (χ1v) is 16.4. The van der Waals surface area contributed by atoms with Crippen LogP contribution < -0.4 is 0 Å². The van der Waals surface area contributed by atoms with E-state index in [1.165, 1.54) is 43.6 Å². The maximum Gasteiger partial charge on any atom is 0.133 e. The number of hydrogen-bond acceptors (Lipinski definition) is 3. The molecule has 3 heterocycles. The monoisotopic (exact) mass is 794 g/mol. The molecule has 0 spiro atoms. The maximum absolute atomic E-state index is 5.60. The minimum Gasteiger partial charge on any atom is -0.464 e. The van der Waals surface area contributed by atoms with Crippen molar-refractivity contribution in [3.05, 3.63) is 132 Å². The van der Waals surface area contributed by atoms with E-state index in [2.05, 4.69) is 141 Å². The van der Waals surface area contributed by atoms with Gasteiger partial charge in [-0.05, 0) is 87.7 Å². The van der Waals surface area contributed by atoms with E-state index in [1.807, 2.05) is 6.07 Å². The Morgan fingerprint density at radius 2 is 1.39 bits per heavy atom. The molecular weight excluding hydrogens is 761 g/mol. The van der Waals surface area contributed by atoms with Crippen LogP contribution in [0.3, 0.4) is 0 Å². The molecular formula is C41H33IrN2OS-. The summed E-state index contributed by atoms with van der Waals surface area (Å²) in [6.07, 6.45) is 1.75. The van der Waals surface area contributed by atoms with Gasteiger partial charge < -0.3 is 8.98 Å². The number of fused-ring (bicyclic) bond motifs is 3. The molecule has 46 heavy (non-hydrogen) atoms. The number of para-hydroxylation sites is 2. The van der Waals surface area contributed by atoms with E-state index in [1.54, 1.807) is 17.6 Å². The molecule has 0 amide bonds. The Morgan fingerprint density at radius 1 is 0.696 bits per heavy atom. The van der Waals surface area contributed by atoms with Crippen molar-refractivity contribution in [3.63, 3.8) is 0 Å². The topological polar surface area (TPSA) is 31.0 Å². The number of imidazole rings is 1. The minimum absolute atomic E-state index is 0. The molecule has 8 rings (SSSR count). The number of hydrogen-bond donors (Lipinski definition) is 0. The molecule has 0 saturated carbocycles. The molecule has 5 aromatic carbocycles. The van der Waals surface area contributed by atoms with Crippen molar-refractivity contribution in [2.75, 3.05) is 0 Å². The Hall–Kier alpha value is -4.28. The predicted molar refractivity (Wildman–Crippen MR) is 190 cm³/mol. The maximum atomic E-state index is 5.60. The van der Waals surface area contributed by atoms with E-state index < -0.39 is 0 Å². The van der Waals surface area contributed by atoms with Crippen LogP contribution in [-0.2, 0) is 20.1 Å². The van der Waals surface area contributed by atoms with Gasteiger partial charge in [-0.15, -0.1) is 5.39 Å². The Labute approximate surface area is 286 Å². The van der Waals surface area contributed by atoms with Gasteiger partial charge in [0.25, 0.3) is 0 Å². The van der Waals surface area contributed by atoms with Crippen LogP contribution in [0, 0.1) is 5.38 Å². The molecule has 0 aliphatic rings. The van der Waals surface area contributed by atoms with Gasteiger partial charge >= 0.3 is 0 Å². The fourth-order valence-corrected chi connectivity index (χ4v) is 7.32. The molecule has 0 unspecified atom stereocenters. The summed E-state index contributed by atoms with van der Waals surface area (Å²) in [5, 5.41) is 5.95. The van der Waals surface area contributed by atoms with Crippen LogP contribution >= 0.6 is 11.3 Å². The molecule has 0 bridgehead atoms. The van der Waals surface area contributed by atoms with Gasteiger partial charge in [0.1, 0.15) is 5.58 Å². The summed E-state index contributed by atoms with van der Waals surface area (Å²) >= 11 is 1.66. The summed E-state index contributed by atoms with van der Waals surface area (Å²) in [6.45, 7) is 9.19. The van der Waals surface area contributed by atoms with Gasteiger partial charge in [-0.2, -0.15) is 0 Å². The van der Waals surface area contributed by atoms with Crippen LogP contribution in [0.15, 0.2) is 120 Å². The molecule has 8 aromatic rings. The predicted octanol–water partition coefficient (Wildman–Crippen LogP) is 12.0. The summed E-state index contributed by atoms with van der Waals surface area (Å²) in [7, 11) is 0. The summed E-state index contributed by atoms with van der Waals surface area (Å²) in [6, 6.07) is 39.1. The molecule has 0 saturated heterocycles. The fraction of sp³-hybridized carbons (Fsp3) is 0.146. The number of nitrogens with zero attached hydrogens (tertiary/aromatic N) is 2. The van der Waals surface area contributed by atoms with Gasteiger partial charge in [0.05, 0.1) is 23.1 Å².